The van der Waals surface area contributed by atoms with Gasteiger partial charge < -0.3 is 9.30 Å². The molecule has 4 rings (SSSR count). The minimum atomic E-state index is -0.995. The average molecular weight is 647 g/mol. The Morgan fingerprint density at radius 3 is 2.47 bits per heavy atom. The van der Waals surface area contributed by atoms with Crippen molar-refractivity contribution in [2.24, 2.45) is 0 Å². The van der Waals surface area contributed by atoms with Crippen molar-refractivity contribution in [3.8, 4) is 22.5 Å². The zero-order valence-corrected chi connectivity index (χ0v) is 25.2. The van der Waals surface area contributed by atoms with Gasteiger partial charge in [0.25, 0.3) is 0 Å². The zero-order chi connectivity index (χ0) is 32.2. The van der Waals surface area contributed by atoms with Crippen LogP contribution in [0.1, 0.15) is 56.1 Å². The van der Waals surface area contributed by atoms with E-state index < -0.39 is 29.5 Å². The van der Waals surface area contributed by atoms with E-state index in [-0.39, 0.29) is 31.0 Å². The molecule has 0 aliphatic carbocycles. The molecule has 0 saturated heterocycles. The highest BCUT2D eigenvalue weighted by molar-refractivity contribution is 6.30. The molecule has 2 aromatic carbocycles. The number of imidazole rings is 1. The van der Waals surface area contributed by atoms with Crippen molar-refractivity contribution >= 4 is 17.6 Å². The number of aromatic amines is 1. The molecule has 0 saturated carbocycles. The lowest BCUT2D eigenvalue weighted by molar-refractivity contribution is -0.527. The topological polar surface area (TPSA) is 204 Å². The lowest BCUT2D eigenvalue weighted by atomic mass is 9.98. The Balaban J connectivity index is 1.42. The molecule has 0 amide bonds. The molecule has 0 aliphatic rings. The van der Waals surface area contributed by atoms with Crippen LogP contribution in [0.3, 0.4) is 0 Å². The number of ether oxygens (including phenoxy) is 1. The number of rotatable bonds is 18. The molecule has 1 atom stereocenters. The molecular formula is C28H35ClN8O8. The van der Waals surface area contributed by atoms with E-state index in [9.17, 15) is 4.79 Å². The lowest BCUT2D eigenvalue weighted by Crippen LogP contribution is -2.31. The number of unbranched alkanes of at least 4 members (excludes halogenated alkanes) is 1. The number of nitrogens with one attached hydrogen (secondary N) is 1. The number of hydrogen-bond donors (Lipinski definition) is 5. The molecule has 5 N–H and O–H groups in total. The monoisotopic (exact) mass is 646 g/mol. The number of H-pyrrole nitrogens is 1. The summed E-state index contributed by atoms with van der Waals surface area (Å²) in [5.74, 6) is 0.847. The predicted octanol–water partition coefficient (Wildman–Crippen LogP) is 4.38. The number of aryl methyl sites for hydroxylation is 1. The summed E-state index contributed by atoms with van der Waals surface area (Å²) >= 11 is 6.54. The molecule has 0 radical (unpaired) electrons. The van der Waals surface area contributed by atoms with Gasteiger partial charge in [-0.15, -0.1) is 5.10 Å². The summed E-state index contributed by atoms with van der Waals surface area (Å²) in [5, 5.41) is 48.6. The summed E-state index contributed by atoms with van der Waals surface area (Å²) in [6.45, 7) is 2.03. The maximum absolute atomic E-state index is 12.6. The van der Waals surface area contributed by atoms with Crippen LogP contribution in [0.4, 0.5) is 0 Å². The predicted molar refractivity (Wildman–Crippen MR) is 155 cm³/mol. The van der Waals surface area contributed by atoms with Gasteiger partial charge in [0.1, 0.15) is 25.1 Å². The first kappa shape index (κ1) is 34.0. The summed E-state index contributed by atoms with van der Waals surface area (Å²) in [4.78, 5) is 26.2. The van der Waals surface area contributed by atoms with E-state index >= 15 is 0 Å². The first-order valence-electron chi connectivity index (χ1n) is 14.2. The SMILES string of the molecule is CCCCc1nc(Cl)c(COC(=O)CCC[C@@H](CON(O)O)ON(O)O)n1Cc1ccc(-c2ccccc2-c2nnn[nH]2)cc1. The number of hydrogen-bond acceptors (Lipinski definition) is 14. The van der Waals surface area contributed by atoms with Gasteiger partial charge in [-0.05, 0) is 46.4 Å². The first-order valence-corrected chi connectivity index (χ1v) is 14.6. The molecule has 17 heteroatoms. The van der Waals surface area contributed by atoms with Crippen LogP contribution in [0, 0.1) is 0 Å². The molecule has 242 valence electrons. The van der Waals surface area contributed by atoms with Crippen LogP contribution in [-0.2, 0) is 38.8 Å². The third-order valence-corrected chi connectivity index (χ3v) is 7.19. The van der Waals surface area contributed by atoms with Crippen molar-refractivity contribution in [2.75, 3.05) is 6.61 Å². The Bertz CT molecular complexity index is 1480. The van der Waals surface area contributed by atoms with Crippen molar-refractivity contribution in [1.82, 2.24) is 41.0 Å². The summed E-state index contributed by atoms with van der Waals surface area (Å²) in [5.41, 5.74) is 4.41. The van der Waals surface area contributed by atoms with E-state index in [0.717, 1.165) is 40.9 Å². The minimum absolute atomic E-state index is 0.0276. The number of carbonyl (C=O) groups excluding carboxylic acids is 1. The van der Waals surface area contributed by atoms with Crippen molar-refractivity contribution in [1.29, 1.82) is 0 Å². The van der Waals surface area contributed by atoms with Gasteiger partial charge in [-0.3, -0.25) is 25.6 Å². The van der Waals surface area contributed by atoms with Gasteiger partial charge in [0, 0.05) is 24.9 Å². The fraction of sp³-hybridized carbons (Fsp3) is 0.393. The number of nitrogens with zero attached hydrogens (tertiary/aromatic N) is 7. The quantitative estimate of drug-likeness (QED) is 0.0752. The number of aromatic nitrogens is 6. The Labute approximate surface area is 263 Å². The highest BCUT2D eigenvalue weighted by Gasteiger charge is 2.20. The Hall–Kier alpha value is -3.84. The van der Waals surface area contributed by atoms with Crippen LogP contribution >= 0.6 is 11.6 Å². The molecular weight excluding hydrogens is 612 g/mol. The van der Waals surface area contributed by atoms with Crippen LogP contribution in [-0.4, -0.2) is 80.5 Å². The fourth-order valence-electron chi connectivity index (χ4n) is 4.69. The van der Waals surface area contributed by atoms with Gasteiger partial charge in [-0.1, -0.05) is 73.5 Å². The molecule has 0 aliphatic heterocycles. The van der Waals surface area contributed by atoms with Gasteiger partial charge >= 0.3 is 5.97 Å². The fourth-order valence-corrected chi connectivity index (χ4v) is 4.94. The number of benzene rings is 2. The van der Waals surface area contributed by atoms with E-state index in [0.29, 0.717) is 24.5 Å². The second-order valence-corrected chi connectivity index (χ2v) is 10.4. The summed E-state index contributed by atoms with van der Waals surface area (Å²) in [7, 11) is 0. The Kier molecular flexibility index (Phi) is 12.9. The van der Waals surface area contributed by atoms with Gasteiger partial charge in [0.05, 0.1) is 16.5 Å². The molecule has 0 bridgehead atoms. The molecule has 0 fully saturated rings. The summed E-state index contributed by atoms with van der Waals surface area (Å²) < 4.78 is 7.49. The number of halogens is 1. The van der Waals surface area contributed by atoms with Crippen molar-refractivity contribution in [2.45, 2.75) is 64.7 Å². The first-order chi connectivity index (χ1) is 21.7. The average Bonchev–Trinajstić information content (AvgIpc) is 3.66. The molecule has 2 aromatic heterocycles. The second-order valence-electron chi connectivity index (χ2n) is 10.0. The third kappa shape index (κ3) is 10.1. The number of carbonyl (C=O) groups is 1. The normalized spacial score (nSPS) is 12.3. The maximum Gasteiger partial charge on any atom is 0.306 e. The minimum Gasteiger partial charge on any atom is -0.459 e. The molecule has 0 unspecified atom stereocenters. The molecule has 2 heterocycles. The van der Waals surface area contributed by atoms with Gasteiger partial charge in [0.2, 0.25) is 0 Å². The molecule has 0 spiro atoms. The van der Waals surface area contributed by atoms with Crippen LogP contribution < -0.4 is 0 Å². The zero-order valence-electron chi connectivity index (χ0n) is 24.5. The molecule has 45 heavy (non-hydrogen) atoms. The van der Waals surface area contributed by atoms with Gasteiger partial charge in [0.15, 0.2) is 11.0 Å². The van der Waals surface area contributed by atoms with Crippen molar-refractivity contribution in [3.05, 3.63) is 70.8 Å². The van der Waals surface area contributed by atoms with Crippen LogP contribution in [0.2, 0.25) is 5.15 Å². The van der Waals surface area contributed by atoms with Crippen LogP contribution in [0.5, 0.6) is 0 Å². The second kappa shape index (κ2) is 17.0. The Morgan fingerprint density at radius 1 is 1.04 bits per heavy atom. The van der Waals surface area contributed by atoms with E-state index in [1.54, 1.807) is 0 Å². The van der Waals surface area contributed by atoms with Gasteiger partial charge in [-0.2, -0.15) is 0 Å². The van der Waals surface area contributed by atoms with Crippen molar-refractivity contribution < 1.29 is 40.0 Å². The van der Waals surface area contributed by atoms with E-state index in [1.807, 2.05) is 53.1 Å². The number of tetrazole rings is 1. The summed E-state index contributed by atoms with van der Waals surface area (Å²) in [6, 6.07) is 15.9. The van der Waals surface area contributed by atoms with Crippen LogP contribution in [0.15, 0.2) is 48.5 Å². The highest BCUT2D eigenvalue weighted by Crippen LogP contribution is 2.30. The van der Waals surface area contributed by atoms with E-state index in [2.05, 4.69) is 42.2 Å². The largest absolute Gasteiger partial charge is 0.459 e. The van der Waals surface area contributed by atoms with Crippen molar-refractivity contribution in [3.63, 3.8) is 0 Å². The smallest absolute Gasteiger partial charge is 0.306 e. The van der Waals surface area contributed by atoms with E-state index in [4.69, 9.17) is 37.2 Å². The summed E-state index contributed by atoms with van der Waals surface area (Å²) in [6.07, 6.45) is 1.89. The number of esters is 1. The molecule has 4 aromatic rings. The Morgan fingerprint density at radius 2 is 1.80 bits per heavy atom. The highest BCUT2D eigenvalue weighted by atomic mass is 35.5. The maximum atomic E-state index is 12.6. The lowest BCUT2D eigenvalue weighted by Gasteiger charge is -2.18. The third-order valence-electron chi connectivity index (χ3n) is 6.89. The van der Waals surface area contributed by atoms with Crippen LogP contribution in [0.25, 0.3) is 22.5 Å². The van der Waals surface area contributed by atoms with Gasteiger partial charge in [-0.25, -0.2) is 19.8 Å². The van der Waals surface area contributed by atoms with E-state index in [1.165, 1.54) is 0 Å². The molecule has 16 nitrogen and oxygen atoms in total. The standard InChI is InChI=1S/C28H35ClN8O8/c1-2-3-10-25-30-27(29)24(18-43-26(38)11-6-7-21(45-37(41)42)17-44-36(39)40)35(25)16-19-12-14-20(15-13-19)22-8-4-5-9-23(22)28-31-33-34-32-28/h4-5,8-9,12-15,21,39-42H,2-3,6-7,10-11,16-18H2,1H3,(H,31,32,33,34)/t21-/m0/s1.